The fourth-order valence-electron chi connectivity index (χ4n) is 4.57. The Kier molecular flexibility index (Phi) is 7.14. The predicted octanol–water partition coefficient (Wildman–Crippen LogP) is 2.52. The number of ether oxygens (including phenoxy) is 2. The molecule has 1 heterocycles. The minimum atomic E-state index is -1.21. The van der Waals surface area contributed by atoms with Crippen LogP contribution in [0.3, 0.4) is 0 Å². The van der Waals surface area contributed by atoms with Crippen LogP contribution in [0.25, 0.3) is 11.1 Å². The van der Waals surface area contributed by atoms with Crippen LogP contribution >= 0.6 is 0 Å². The lowest BCUT2D eigenvalue weighted by molar-refractivity contribution is -0.143. The Labute approximate surface area is 197 Å². The van der Waals surface area contributed by atoms with Gasteiger partial charge < -0.3 is 25.2 Å². The van der Waals surface area contributed by atoms with E-state index in [-0.39, 0.29) is 31.4 Å². The summed E-state index contributed by atoms with van der Waals surface area (Å²) in [7, 11) is 0. The van der Waals surface area contributed by atoms with E-state index in [1.807, 2.05) is 36.4 Å². The highest BCUT2D eigenvalue weighted by molar-refractivity contribution is 5.87. The number of amides is 2. The first kappa shape index (κ1) is 23.3. The number of rotatable bonds is 8. The number of hydrogen-bond acceptors (Lipinski definition) is 5. The van der Waals surface area contributed by atoms with Gasteiger partial charge in [0.05, 0.1) is 0 Å². The van der Waals surface area contributed by atoms with Gasteiger partial charge in [0.1, 0.15) is 18.8 Å². The highest BCUT2D eigenvalue weighted by atomic mass is 16.5. The molecule has 4 rings (SSSR count). The maximum atomic E-state index is 12.5. The van der Waals surface area contributed by atoms with Crippen molar-refractivity contribution in [2.45, 2.75) is 30.9 Å². The molecule has 8 heteroatoms. The van der Waals surface area contributed by atoms with Gasteiger partial charge in [-0.2, -0.15) is 0 Å². The van der Waals surface area contributed by atoms with Crippen molar-refractivity contribution in [3.8, 4) is 23.5 Å². The lowest BCUT2D eigenvalue weighted by Gasteiger charge is -2.21. The summed E-state index contributed by atoms with van der Waals surface area (Å²) in [5.41, 5.74) is 4.54. The third-order valence-electron chi connectivity index (χ3n) is 6.26. The second kappa shape index (κ2) is 10.4. The predicted molar refractivity (Wildman–Crippen MR) is 124 cm³/mol. The summed E-state index contributed by atoms with van der Waals surface area (Å²) in [5, 5.41) is 14.3. The van der Waals surface area contributed by atoms with Crippen LogP contribution in [0.5, 0.6) is 0 Å². The molecular weight excluding hydrogens is 436 g/mol. The van der Waals surface area contributed by atoms with Crippen molar-refractivity contribution < 1.29 is 29.0 Å². The second-order valence-corrected chi connectivity index (χ2v) is 8.35. The van der Waals surface area contributed by atoms with Crippen LogP contribution in [0.1, 0.15) is 29.9 Å². The Morgan fingerprint density at radius 2 is 1.76 bits per heavy atom. The summed E-state index contributed by atoms with van der Waals surface area (Å²) in [4.78, 5) is 36.2. The number of hydrogen-bond donors (Lipinski definition) is 3. The summed E-state index contributed by atoms with van der Waals surface area (Å²) < 4.78 is 11.0. The highest BCUT2D eigenvalue weighted by Crippen LogP contribution is 2.44. The highest BCUT2D eigenvalue weighted by Gasteiger charge is 2.36. The van der Waals surface area contributed by atoms with E-state index in [4.69, 9.17) is 15.9 Å². The third-order valence-corrected chi connectivity index (χ3v) is 6.26. The van der Waals surface area contributed by atoms with Crippen molar-refractivity contribution in [2.75, 3.05) is 19.8 Å². The van der Waals surface area contributed by atoms with Crippen LogP contribution < -0.4 is 10.6 Å². The van der Waals surface area contributed by atoms with Gasteiger partial charge in [0, 0.05) is 31.4 Å². The molecule has 1 fully saturated rings. The molecule has 176 valence electrons. The van der Waals surface area contributed by atoms with Crippen molar-refractivity contribution in [1.29, 1.82) is 0 Å². The number of carbonyl (C=O) groups is 3. The number of nitrogens with one attached hydrogen (secondary N) is 2. The molecule has 3 N–H and O–H groups in total. The van der Waals surface area contributed by atoms with Gasteiger partial charge in [0.25, 0.3) is 0 Å². The molecule has 0 radical (unpaired) electrons. The molecule has 2 amide bonds. The maximum Gasteiger partial charge on any atom is 0.407 e. The van der Waals surface area contributed by atoms with Gasteiger partial charge >= 0.3 is 12.1 Å². The Bertz CT molecular complexity index is 1080. The van der Waals surface area contributed by atoms with Crippen LogP contribution in [0, 0.1) is 18.3 Å². The molecule has 0 bridgehead atoms. The number of benzene rings is 2. The van der Waals surface area contributed by atoms with E-state index >= 15 is 0 Å². The largest absolute Gasteiger partial charge is 0.480 e. The van der Waals surface area contributed by atoms with Gasteiger partial charge in [-0.05, 0) is 28.7 Å². The summed E-state index contributed by atoms with van der Waals surface area (Å²) >= 11 is 0. The van der Waals surface area contributed by atoms with Crippen molar-refractivity contribution in [3.63, 3.8) is 0 Å². The topological polar surface area (TPSA) is 114 Å². The molecule has 0 saturated carbocycles. The van der Waals surface area contributed by atoms with Crippen LogP contribution in [-0.4, -0.2) is 55.0 Å². The van der Waals surface area contributed by atoms with E-state index in [1.54, 1.807) is 0 Å². The normalized spacial score (nSPS) is 19.4. The Balaban J connectivity index is 1.31. The number of alkyl carbamates (subject to hydrolysis) is 1. The first-order valence-electron chi connectivity index (χ1n) is 11.2. The van der Waals surface area contributed by atoms with Crippen molar-refractivity contribution >= 4 is 18.0 Å². The van der Waals surface area contributed by atoms with E-state index in [0.29, 0.717) is 13.0 Å². The molecule has 3 unspecified atom stereocenters. The number of carboxylic acids is 1. The smallest absolute Gasteiger partial charge is 0.407 e. The van der Waals surface area contributed by atoms with Crippen molar-refractivity contribution in [3.05, 3.63) is 59.7 Å². The first-order chi connectivity index (χ1) is 16.5. The van der Waals surface area contributed by atoms with Gasteiger partial charge in [-0.25, -0.2) is 9.59 Å². The van der Waals surface area contributed by atoms with E-state index < -0.39 is 30.1 Å². The van der Waals surface area contributed by atoms with E-state index in [1.165, 1.54) is 0 Å². The van der Waals surface area contributed by atoms with Gasteiger partial charge in [-0.15, -0.1) is 12.3 Å². The van der Waals surface area contributed by atoms with Crippen LogP contribution in [-0.2, 0) is 19.1 Å². The monoisotopic (exact) mass is 462 g/mol. The SMILES string of the molecule is C#CCC(NC(=O)C1OCCC1CNC(=O)OCC1c2ccccc2-c2ccccc21)C(=O)O. The number of fused-ring (bicyclic) bond motifs is 3. The Hall–Kier alpha value is -3.83. The van der Waals surface area contributed by atoms with Gasteiger partial charge in [0.15, 0.2) is 0 Å². The number of carbonyl (C=O) groups excluding carboxylic acids is 2. The molecule has 8 nitrogen and oxygen atoms in total. The number of aliphatic carboxylic acids is 1. The van der Waals surface area contributed by atoms with Crippen LogP contribution in [0.15, 0.2) is 48.5 Å². The quantitative estimate of drug-likeness (QED) is 0.520. The average molecular weight is 463 g/mol. The molecule has 34 heavy (non-hydrogen) atoms. The molecule has 0 spiro atoms. The van der Waals surface area contributed by atoms with Crippen molar-refractivity contribution in [2.24, 2.45) is 5.92 Å². The molecule has 2 aromatic carbocycles. The average Bonchev–Trinajstić information content (AvgIpc) is 3.44. The zero-order valence-electron chi connectivity index (χ0n) is 18.5. The number of carboxylic acid groups (broad SMARTS) is 1. The van der Waals surface area contributed by atoms with Crippen LogP contribution in [0.2, 0.25) is 0 Å². The van der Waals surface area contributed by atoms with Gasteiger partial charge in [0.2, 0.25) is 5.91 Å². The Morgan fingerprint density at radius 3 is 2.38 bits per heavy atom. The first-order valence-corrected chi connectivity index (χ1v) is 11.2. The molecular formula is C26H26N2O6. The fraction of sp³-hybridized carbons (Fsp3) is 0.346. The standard InChI is InChI=1S/C26H26N2O6/c1-2-7-22(25(30)31)28-24(29)23-16(12-13-33-23)14-27-26(32)34-15-21-19-10-5-3-8-17(19)18-9-4-6-11-20(18)21/h1,3-6,8-11,16,21-23H,7,12-15H2,(H,27,32)(H,28,29)(H,30,31). The molecule has 2 aliphatic rings. The Morgan fingerprint density at radius 1 is 1.12 bits per heavy atom. The van der Waals surface area contributed by atoms with Gasteiger partial charge in [-0.3, -0.25) is 4.79 Å². The molecule has 3 atom stereocenters. The van der Waals surface area contributed by atoms with Crippen LogP contribution in [0.4, 0.5) is 4.79 Å². The van der Waals surface area contributed by atoms with E-state index in [9.17, 15) is 19.5 Å². The minimum Gasteiger partial charge on any atom is -0.480 e. The zero-order valence-corrected chi connectivity index (χ0v) is 18.5. The molecule has 1 aliphatic heterocycles. The molecule has 1 saturated heterocycles. The minimum absolute atomic E-state index is 0.0457. The number of terminal acetylenes is 1. The summed E-state index contributed by atoms with van der Waals surface area (Å²) in [5.74, 6) is 0.119. The maximum absolute atomic E-state index is 12.5. The van der Waals surface area contributed by atoms with E-state index in [2.05, 4.69) is 28.7 Å². The second-order valence-electron chi connectivity index (χ2n) is 8.35. The molecule has 1 aliphatic carbocycles. The molecule has 0 aromatic heterocycles. The summed E-state index contributed by atoms with van der Waals surface area (Å²) in [6.45, 7) is 0.695. The lowest BCUT2D eigenvalue weighted by atomic mass is 9.98. The summed E-state index contributed by atoms with van der Waals surface area (Å²) in [6, 6.07) is 15.0. The van der Waals surface area contributed by atoms with Gasteiger partial charge in [-0.1, -0.05) is 48.5 Å². The summed E-state index contributed by atoms with van der Waals surface area (Å²) in [6.07, 6.45) is 4.15. The molecule has 2 aromatic rings. The van der Waals surface area contributed by atoms with Crippen molar-refractivity contribution in [1.82, 2.24) is 10.6 Å². The zero-order chi connectivity index (χ0) is 24.1. The third kappa shape index (κ3) is 4.90. The lowest BCUT2D eigenvalue weighted by Crippen LogP contribution is -2.48. The van der Waals surface area contributed by atoms with E-state index in [0.717, 1.165) is 22.3 Å². The fourth-order valence-corrected chi connectivity index (χ4v) is 4.57.